The van der Waals surface area contributed by atoms with Gasteiger partial charge in [0.15, 0.2) is 5.78 Å². The predicted molar refractivity (Wildman–Crippen MR) is 96.4 cm³/mol. The maximum Gasteiger partial charge on any atom is 0.397 e. The van der Waals surface area contributed by atoms with Gasteiger partial charge < -0.3 is 4.74 Å². The molecular formula is C21H21F3N2O2. The summed E-state index contributed by atoms with van der Waals surface area (Å²) in [5.41, 5.74) is 0.804. The molecule has 0 saturated heterocycles. The van der Waals surface area contributed by atoms with Gasteiger partial charge in [-0.25, -0.2) is 0 Å². The number of Topliss-reactive ketones (excluding diaryl/α,β-unsaturated/α-hetero) is 1. The van der Waals surface area contributed by atoms with Crippen LogP contribution in [-0.4, -0.2) is 28.5 Å². The van der Waals surface area contributed by atoms with Crippen molar-refractivity contribution < 1.29 is 22.7 Å². The number of hydrogen-bond acceptors (Lipinski definition) is 4. The summed E-state index contributed by atoms with van der Waals surface area (Å²) in [4.78, 5) is 20.6. The van der Waals surface area contributed by atoms with Crippen molar-refractivity contribution in [3.63, 3.8) is 0 Å². The second-order valence-electron chi connectivity index (χ2n) is 7.61. The molecule has 4 nitrogen and oxygen atoms in total. The van der Waals surface area contributed by atoms with Gasteiger partial charge in [-0.1, -0.05) is 6.07 Å². The van der Waals surface area contributed by atoms with Crippen molar-refractivity contribution in [2.75, 3.05) is 6.61 Å². The molecule has 0 aromatic carbocycles. The summed E-state index contributed by atoms with van der Waals surface area (Å²) < 4.78 is 46.4. The topological polar surface area (TPSA) is 52.1 Å². The lowest BCUT2D eigenvalue weighted by Gasteiger charge is -2.19. The lowest BCUT2D eigenvalue weighted by Crippen LogP contribution is -2.25. The van der Waals surface area contributed by atoms with Gasteiger partial charge in [0.2, 0.25) is 0 Å². The fourth-order valence-corrected chi connectivity index (χ4v) is 3.18. The molecule has 0 radical (unpaired) electrons. The Labute approximate surface area is 161 Å². The number of hydrogen-bond donors (Lipinski definition) is 0. The molecule has 4 rings (SSSR count). The number of nitrogens with zero attached hydrogens (tertiary/aromatic N) is 2. The van der Waals surface area contributed by atoms with Crippen LogP contribution in [0.15, 0.2) is 36.7 Å². The normalized spacial score (nSPS) is 18.0. The van der Waals surface area contributed by atoms with E-state index >= 15 is 0 Å². The number of rotatable bonds is 8. The monoisotopic (exact) mass is 390 g/mol. The van der Waals surface area contributed by atoms with E-state index in [1.807, 2.05) is 0 Å². The third-order valence-corrected chi connectivity index (χ3v) is 5.20. The fraction of sp³-hybridized carbons (Fsp3) is 0.476. The highest BCUT2D eigenvalue weighted by Gasteiger charge is 2.43. The van der Waals surface area contributed by atoms with E-state index in [4.69, 9.17) is 4.74 Å². The van der Waals surface area contributed by atoms with Gasteiger partial charge in [-0.2, -0.15) is 13.2 Å². The average Bonchev–Trinajstić information content (AvgIpc) is 3.57. The second-order valence-corrected chi connectivity index (χ2v) is 7.61. The zero-order chi connectivity index (χ0) is 19.7. The molecule has 148 valence electrons. The van der Waals surface area contributed by atoms with Crippen LogP contribution in [0, 0.1) is 5.92 Å². The lowest BCUT2D eigenvalue weighted by atomic mass is 9.95. The van der Waals surface area contributed by atoms with Crippen LogP contribution >= 0.6 is 0 Å². The second kappa shape index (κ2) is 7.53. The van der Waals surface area contributed by atoms with Crippen molar-refractivity contribution in [1.82, 2.24) is 9.97 Å². The molecule has 0 spiro atoms. The van der Waals surface area contributed by atoms with Gasteiger partial charge in [0.1, 0.15) is 17.4 Å². The zero-order valence-corrected chi connectivity index (χ0v) is 15.3. The molecule has 1 atom stereocenters. The minimum Gasteiger partial charge on any atom is -0.493 e. The Morgan fingerprint density at radius 1 is 1.18 bits per heavy atom. The van der Waals surface area contributed by atoms with Gasteiger partial charge in [0, 0.05) is 30.4 Å². The SMILES string of the molecule is O=C(CC(c1ccccn1)C(F)(F)F)c1cc(OCC2CC2)c(C2CC2)cn1. The Kier molecular flexibility index (Phi) is 5.08. The lowest BCUT2D eigenvalue weighted by molar-refractivity contribution is -0.150. The van der Waals surface area contributed by atoms with E-state index in [2.05, 4.69) is 9.97 Å². The average molecular weight is 390 g/mol. The number of carbonyl (C=O) groups excluding carboxylic acids is 1. The molecule has 0 aliphatic heterocycles. The molecule has 2 aliphatic rings. The molecule has 7 heteroatoms. The first-order valence-corrected chi connectivity index (χ1v) is 9.55. The van der Waals surface area contributed by atoms with Crippen LogP contribution < -0.4 is 4.74 Å². The number of ketones is 1. The Hall–Kier alpha value is -2.44. The van der Waals surface area contributed by atoms with E-state index in [0.29, 0.717) is 24.2 Å². The summed E-state index contributed by atoms with van der Waals surface area (Å²) in [6.45, 7) is 0.580. The molecule has 0 bridgehead atoms. The van der Waals surface area contributed by atoms with E-state index in [1.54, 1.807) is 12.3 Å². The molecule has 2 aromatic heterocycles. The number of ether oxygens (including phenoxy) is 1. The summed E-state index contributed by atoms with van der Waals surface area (Å²) >= 11 is 0. The van der Waals surface area contributed by atoms with Gasteiger partial charge in [-0.05, 0) is 49.7 Å². The van der Waals surface area contributed by atoms with Crippen molar-refractivity contribution in [2.45, 2.75) is 50.1 Å². The summed E-state index contributed by atoms with van der Waals surface area (Å²) in [5, 5.41) is 0. The van der Waals surface area contributed by atoms with Gasteiger partial charge >= 0.3 is 6.18 Å². The first kappa shape index (κ1) is 18.9. The molecule has 2 fully saturated rings. The Morgan fingerprint density at radius 3 is 2.57 bits per heavy atom. The predicted octanol–water partition coefficient (Wildman–Crippen LogP) is 5.06. The fourth-order valence-electron chi connectivity index (χ4n) is 3.18. The molecule has 2 aliphatic carbocycles. The molecule has 2 saturated carbocycles. The van der Waals surface area contributed by atoms with Crippen LogP contribution in [0.5, 0.6) is 5.75 Å². The zero-order valence-electron chi connectivity index (χ0n) is 15.3. The minimum absolute atomic E-state index is 0.0142. The van der Waals surface area contributed by atoms with Crippen LogP contribution in [0.1, 0.15) is 65.7 Å². The maximum atomic E-state index is 13.5. The van der Waals surface area contributed by atoms with E-state index < -0.39 is 24.3 Å². The van der Waals surface area contributed by atoms with Crippen LogP contribution in [0.3, 0.4) is 0 Å². The van der Waals surface area contributed by atoms with Crippen molar-refractivity contribution >= 4 is 5.78 Å². The summed E-state index contributed by atoms with van der Waals surface area (Å²) in [6.07, 6.45) is 1.96. The molecule has 0 N–H and O–H groups in total. The van der Waals surface area contributed by atoms with Crippen LogP contribution in [0.4, 0.5) is 13.2 Å². The molecular weight excluding hydrogens is 369 g/mol. The van der Waals surface area contributed by atoms with Gasteiger partial charge in [0.05, 0.1) is 12.3 Å². The van der Waals surface area contributed by atoms with Crippen molar-refractivity contribution in [3.8, 4) is 5.75 Å². The Bertz CT molecular complexity index is 846. The summed E-state index contributed by atoms with van der Waals surface area (Å²) in [6, 6.07) is 5.84. The first-order valence-electron chi connectivity index (χ1n) is 9.55. The number of halogens is 3. The van der Waals surface area contributed by atoms with Crippen molar-refractivity contribution in [1.29, 1.82) is 0 Å². The summed E-state index contributed by atoms with van der Waals surface area (Å²) in [7, 11) is 0. The summed E-state index contributed by atoms with van der Waals surface area (Å²) in [5.74, 6) is -1.11. The smallest absolute Gasteiger partial charge is 0.397 e. The van der Waals surface area contributed by atoms with E-state index in [0.717, 1.165) is 31.2 Å². The molecule has 28 heavy (non-hydrogen) atoms. The Morgan fingerprint density at radius 2 is 1.96 bits per heavy atom. The number of aromatic nitrogens is 2. The standard InChI is InChI=1S/C21H21F3N2O2/c22-21(23,24)16(17-3-1-2-8-25-17)9-19(27)18-10-20(28-12-13-4-5-13)15(11-26-18)14-6-7-14/h1-3,8,10-11,13-14,16H,4-7,9,12H2. The molecule has 0 amide bonds. The highest BCUT2D eigenvalue weighted by molar-refractivity contribution is 5.95. The largest absolute Gasteiger partial charge is 0.493 e. The number of alkyl halides is 3. The first-order chi connectivity index (χ1) is 13.4. The molecule has 2 aromatic rings. The van der Waals surface area contributed by atoms with Crippen LogP contribution in [-0.2, 0) is 0 Å². The number of carbonyl (C=O) groups is 1. The van der Waals surface area contributed by atoms with Crippen molar-refractivity contribution in [2.24, 2.45) is 5.92 Å². The van der Waals surface area contributed by atoms with Gasteiger partial charge in [-0.15, -0.1) is 0 Å². The Balaban J connectivity index is 1.55. The van der Waals surface area contributed by atoms with E-state index in [9.17, 15) is 18.0 Å². The van der Waals surface area contributed by atoms with Gasteiger partial charge in [-0.3, -0.25) is 14.8 Å². The van der Waals surface area contributed by atoms with Crippen LogP contribution in [0.25, 0.3) is 0 Å². The van der Waals surface area contributed by atoms with Crippen molar-refractivity contribution in [3.05, 3.63) is 53.6 Å². The minimum atomic E-state index is -4.57. The number of pyridine rings is 2. The quantitative estimate of drug-likeness (QED) is 0.591. The van der Waals surface area contributed by atoms with Crippen LogP contribution in [0.2, 0.25) is 0 Å². The van der Waals surface area contributed by atoms with E-state index in [-0.39, 0.29) is 11.4 Å². The third kappa shape index (κ3) is 4.51. The maximum absolute atomic E-state index is 13.5. The molecule has 2 heterocycles. The highest BCUT2D eigenvalue weighted by atomic mass is 19.4. The van der Waals surface area contributed by atoms with E-state index in [1.165, 1.54) is 24.4 Å². The van der Waals surface area contributed by atoms with Gasteiger partial charge in [0.25, 0.3) is 0 Å². The highest BCUT2D eigenvalue weighted by Crippen LogP contribution is 2.45. The third-order valence-electron chi connectivity index (χ3n) is 5.20. The molecule has 1 unspecified atom stereocenters.